The van der Waals surface area contributed by atoms with E-state index in [2.05, 4.69) is 4.72 Å². The van der Waals surface area contributed by atoms with Crippen molar-refractivity contribution in [3.63, 3.8) is 0 Å². The number of anilines is 1. The van der Waals surface area contributed by atoms with Crippen molar-refractivity contribution < 1.29 is 13.2 Å². The Labute approximate surface area is 124 Å². The van der Waals surface area contributed by atoms with Gasteiger partial charge in [-0.3, -0.25) is 0 Å². The minimum absolute atomic E-state index is 0.0154. The SMILES string of the molecule is CN(C)CCOCCNS(=O)(=O)c1ccc(N)cc1Cl. The third-order valence-electron chi connectivity index (χ3n) is 2.47. The summed E-state index contributed by atoms with van der Waals surface area (Å²) in [5.74, 6) is 0. The predicted molar refractivity (Wildman–Crippen MR) is 80.4 cm³/mol. The highest BCUT2D eigenvalue weighted by Gasteiger charge is 2.17. The van der Waals surface area contributed by atoms with E-state index in [0.29, 0.717) is 18.9 Å². The Kier molecular flexibility index (Phi) is 6.70. The molecule has 0 saturated carbocycles. The molecule has 0 aliphatic rings. The van der Waals surface area contributed by atoms with Crippen molar-refractivity contribution in [2.75, 3.05) is 46.1 Å². The highest BCUT2D eigenvalue weighted by Crippen LogP contribution is 2.23. The zero-order chi connectivity index (χ0) is 15.2. The minimum atomic E-state index is -3.64. The van der Waals surface area contributed by atoms with Crippen LogP contribution >= 0.6 is 11.6 Å². The van der Waals surface area contributed by atoms with Crippen molar-refractivity contribution in [1.82, 2.24) is 9.62 Å². The third-order valence-corrected chi connectivity index (χ3v) is 4.41. The average molecular weight is 322 g/mol. The summed E-state index contributed by atoms with van der Waals surface area (Å²) in [7, 11) is 0.240. The molecule has 114 valence electrons. The second kappa shape index (κ2) is 7.80. The van der Waals surface area contributed by atoms with Crippen LogP contribution < -0.4 is 10.5 Å². The molecular weight excluding hydrogens is 302 g/mol. The maximum Gasteiger partial charge on any atom is 0.242 e. The van der Waals surface area contributed by atoms with E-state index in [1.165, 1.54) is 18.2 Å². The van der Waals surface area contributed by atoms with E-state index < -0.39 is 10.0 Å². The van der Waals surface area contributed by atoms with Gasteiger partial charge in [-0.2, -0.15) is 0 Å². The number of ether oxygens (including phenoxy) is 1. The van der Waals surface area contributed by atoms with E-state index in [-0.39, 0.29) is 16.5 Å². The summed E-state index contributed by atoms with van der Waals surface area (Å²) >= 11 is 5.88. The van der Waals surface area contributed by atoms with Crippen LogP contribution in [0.4, 0.5) is 5.69 Å². The van der Waals surface area contributed by atoms with Gasteiger partial charge < -0.3 is 15.4 Å². The molecule has 0 bridgehead atoms. The van der Waals surface area contributed by atoms with E-state index in [4.69, 9.17) is 22.1 Å². The quantitative estimate of drug-likeness (QED) is 0.546. The second-order valence-electron chi connectivity index (χ2n) is 4.50. The van der Waals surface area contributed by atoms with Gasteiger partial charge in [-0.05, 0) is 32.3 Å². The molecular formula is C12H20ClN3O3S. The first-order valence-electron chi connectivity index (χ1n) is 6.10. The monoisotopic (exact) mass is 321 g/mol. The predicted octanol–water partition coefficient (Wildman–Crippen LogP) is 0.779. The van der Waals surface area contributed by atoms with Crippen LogP contribution in [0, 0.1) is 0 Å². The number of benzene rings is 1. The standard InChI is InChI=1S/C12H20ClN3O3S/c1-16(2)6-8-19-7-5-15-20(17,18)12-4-3-10(14)9-11(12)13/h3-4,9,15H,5-8,14H2,1-2H3. The Morgan fingerprint density at radius 2 is 2.05 bits per heavy atom. The van der Waals surface area contributed by atoms with E-state index in [9.17, 15) is 8.42 Å². The Bertz CT molecular complexity index is 535. The highest BCUT2D eigenvalue weighted by atomic mass is 35.5. The summed E-state index contributed by atoms with van der Waals surface area (Å²) < 4.78 is 31.7. The molecule has 0 fully saturated rings. The van der Waals surface area contributed by atoms with Crippen molar-refractivity contribution in [2.45, 2.75) is 4.90 Å². The number of nitrogens with two attached hydrogens (primary N) is 1. The maximum atomic E-state index is 12.0. The molecule has 0 aliphatic carbocycles. The van der Waals surface area contributed by atoms with Gasteiger partial charge in [-0.1, -0.05) is 11.6 Å². The molecule has 0 radical (unpaired) electrons. The van der Waals surface area contributed by atoms with Crippen molar-refractivity contribution in [2.24, 2.45) is 0 Å². The summed E-state index contributed by atoms with van der Waals surface area (Å²) in [5.41, 5.74) is 5.94. The van der Waals surface area contributed by atoms with Gasteiger partial charge in [-0.15, -0.1) is 0 Å². The van der Waals surface area contributed by atoms with Crippen LogP contribution in [0.5, 0.6) is 0 Å². The summed E-state index contributed by atoms with van der Waals surface area (Å²) in [5, 5.41) is 0.103. The second-order valence-corrected chi connectivity index (χ2v) is 6.65. The summed E-state index contributed by atoms with van der Waals surface area (Å²) in [6.07, 6.45) is 0. The topological polar surface area (TPSA) is 84.7 Å². The first kappa shape index (κ1) is 17.2. The molecule has 3 N–H and O–H groups in total. The first-order chi connectivity index (χ1) is 9.33. The van der Waals surface area contributed by atoms with Gasteiger partial charge >= 0.3 is 0 Å². The molecule has 0 atom stereocenters. The zero-order valence-electron chi connectivity index (χ0n) is 11.6. The van der Waals surface area contributed by atoms with E-state index in [1.807, 2.05) is 19.0 Å². The fraction of sp³-hybridized carbons (Fsp3) is 0.500. The van der Waals surface area contributed by atoms with Gasteiger partial charge in [0.15, 0.2) is 0 Å². The van der Waals surface area contributed by atoms with Crippen LogP contribution in [0.25, 0.3) is 0 Å². The number of sulfonamides is 1. The van der Waals surface area contributed by atoms with Crippen LogP contribution in [-0.4, -0.2) is 53.7 Å². The van der Waals surface area contributed by atoms with Gasteiger partial charge in [0.25, 0.3) is 0 Å². The van der Waals surface area contributed by atoms with Crippen LogP contribution in [0.3, 0.4) is 0 Å². The van der Waals surface area contributed by atoms with Gasteiger partial charge in [0, 0.05) is 18.8 Å². The number of nitrogen functional groups attached to an aromatic ring is 1. The molecule has 0 aromatic heterocycles. The van der Waals surface area contributed by atoms with Crippen molar-refractivity contribution in [3.8, 4) is 0 Å². The Balaban J connectivity index is 2.46. The molecule has 1 rings (SSSR count). The number of hydrogen-bond acceptors (Lipinski definition) is 5. The van der Waals surface area contributed by atoms with Gasteiger partial charge in [0.05, 0.1) is 18.2 Å². The van der Waals surface area contributed by atoms with Gasteiger partial charge in [0.1, 0.15) is 4.90 Å². The summed E-state index contributed by atoms with van der Waals surface area (Å²) in [6, 6.07) is 4.28. The number of halogens is 1. The fourth-order valence-electron chi connectivity index (χ4n) is 1.41. The van der Waals surface area contributed by atoms with Gasteiger partial charge in [-0.25, -0.2) is 13.1 Å². The molecule has 8 heteroatoms. The smallest absolute Gasteiger partial charge is 0.242 e. The Morgan fingerprint density at radius 1 is 1.35 bits per heavy atom. The number of rotatable bonds is 8. The Hall–Kier alpha value is -0.860. The zero-order valence-corrected chi connectivity index (χ0v) is 13.2. The van der Waals surface area contributed by atoms with E-state index >= 15 is 0 Å². The average Bonchev–Trinajstić information content (AvgIpc) is 2.32. The largest absolute Gasteiger partial charge is 0.399 e. The van der Waals surface area contributed by atoms with Crippen molar-refractivity contribution in [3.05, 3.63) is 23.2 Å². The number of hydrogen-bond donors (Lipinski definition) is 2. The van der Waals surface area contributed by atoms with Crippen LogP contribution in [0.15, 0.2) is 23.1 Å². The summed E-state index contributed by atoms with van der Waals surface area (Å²) in [4.78, 5) is 2.00. The molecule has 0 aliphatic heterocycles. The normalized spacial score (nSPS) is 12.0. The molecule has 0 spiro atoms. The molecule has 20 heavy (non-hydrogen) atoms. The molecule has 0 amide bonds. The molecule has 6 nitrogen and oxygen atoms in total. The molecule has 0 heterocycles. The maximum absolute atomic E-state index is 12.0. The Morgan fingerprint density at radius 3 is 2.65 bits per heavy atom. The fourth-order valence-corrected chi connectivity index (χ4v) is 2.97. The van der Waals surface area contributed by atoms with Crippen LogP contribution in [0.2, 0.25) is 5.02 Å². The molecule has 1 aromatic rings. The number of likely N-dealkylation sites (N-methyl/N-ethyl adjacent to an activating group) is 1. The third kappa shape index (κ3) is 5.64. The van der Waals surface area contributed by atoms with E-state index in [0.717, 1.165) is 6.54 Å². The van der Waals surface area contributed by atoms with Crippen molar-refractivity contribution >= 4 is 27.3 Å². The lowest BCUT2D eigenvalue weighted by Gasteiger charge is -2.11. The lowest BCUT2D eigenvalue weighted by molar-refractivity contribution is 0.122. The number of nitrogens with zero attached hydrogens (tertiary/aromatic N) is 1. The molecule has 0 unspecified atom stereocenters. The van der Waals surface area contributed by atoms with Crippen LogP contribution in [0.1, 0.15) is 0 Å². The summed E-state index contributed by atoms with van der Waals surface area (Å²) in [6.45, 7) is 1.84. The number of nitrogens with one attached hydrogen (secondary N) is 1. The lowest BCUT2D eigenvalue weighted by atomic mass is 10.3. The van der Waals surface area contributed by atoms with Crippen molar-refractivity contribution in [1.29, 1.82) is 0 Å². The molecule has 1 aromatic carbocycles. The lowest BCUT2D eigenvalue weighted by Crippen LogP contribution is -2.28. The van der Waals surface area contributed by atoms with E-state index in [1.54, 1.807) is 0 Å². The first-order valence-corrected chi connectivity index (χ1v) is 7.96. The highest BCUT2D eigenvalue weighted by molar-refractivity contribution is 7.89. The van der Waals surface area contributed by atoms with Gasteiger partial charge in [0.2, 0.25) is 10.0 Å². The minimum Gasteiger partial charge on any atom is -0.399 e. The molecule has 0 saturated heterocycles. The van der Waals surface area contributed by atoms with Crippen LogP contribution in [-0.2, 0) is 14.8 Å².